The molecule has 0 aliphatic heterocycles. The van der Waals surface area contributed by atoms with Gasteiger partial charge in [0.05, 0.1) is 16.3 Å². The molecule has 1 aliphatic rings. The highest BCUT2D eigenvalue weighted by Crippen LogP contribution is 2.47. The van der Waals surface area contributed by atoms with Crippen molar-refractivity contribution >= 4 is 40.8 Å². The van der Waals surface area contributed by atoms with Crippen LogP contribution in [0.1, 0.15) is 33.7 Å². The van der Waals surface area contributed by atoms with Crippen molar-refractivity contribution in [2.75, 3.05) is 0 Å². The first-order valence-electron chi connectivity index (χ1n) is 12.6. The zero-order chi connectivity index (χ0) is 29.2. The third-order valence-electron chi connectivity index (χ3n) is 6.95. The van der Waals surface area contributed by atoms with Gasteiger partial charge in [0.1, 0.15) is 11.2 Å². The molecule has 1 heterocycles. The van der Waals surface area contributed by atoms with E-state index >= 15 is 0 Å². The van der Waals surface area contributed by atoms with Gasteiger partial charge in [-0.3, -0.25) is 0 Å². The molecule has 5 rings (SSSR count). The van der Waals surface area contributed by atoms with E-state index in [4.69, 9.17) is 23.2 Å². The predicted octanol–water partition coefficient (Wildman–Crippen LogP) is 9.21. The van der Waals surface area contributed by atoms with Crippen molar-refractivity contribution in [3.63, 3.8) is 0 Å². The fraction of sp³-hybridized carbons (Fsp3) is 0.125. The first-order valence-corrected chi connectivity index (χ1v) is 13.4. The fourth-order valence-corrected chi connectivity index (χ4v) is 5.12. The zero-order valence-electron chi connectivity index (χ0n) is 21.4. The summed E-state index contributed by atoms with van der Waals surface area (Å²) in [5.74, 6) is -0.770. The van der Waals surface area contributed by atoms with Gasteiger partial charge in [-0.05, 0) is 59.5 Å². The summed E-state index contributed by atoms with van der Waals surface area (Å²) in [6.45, 7) is 0.241. The second-order valence-electron chi connectivity index (χ2n) is 9.67. The minimum absolute atomic E-state index is 0.132. The third kappa shape index (κ3) is 6.16. The molecule has 4 nitrogen and oxygen atoms in total. The van der Waals surface area contributed by atoms with Gasteiger partial charge in [-0.15, -0.1) is 0 Å². The number of halogens is 5. The maximum atomic E-state index is 14.5. The van der Waals surface area contributed by atoms with Gasteiger partial charge in [0.15, 0.2) is 0 Å². The van der Waals surface area contributed by atoms with Crippen LogP contribution in [0, 0.1) is 5.41 Å². The van der Waals surface area contributed by atoms with Gasteiger partial charge >= 0.3 is 12.1 Å². The van der Waals surface area contributed by atoms with Crippen LogP contribution in [0.25, 0.3) is 22.9 Å². The average Bonchev–Trinajstić information content (AvgIpc) is 3.34. The second kappa shape index (κ2) is 11.4. The van der Waals surface area contributed by atoms with Crippen molar-refractivity contribution in [3.8, 4) is 11.3 Å². The number of allylic oxidation sites excluding steroid dienone is 5. The van der Waals surface area contributed by atoms with Gasteiger partial charge < -0.3 is 9.67 Å². The minimum Gasteiger partial charge on any atom is -0.478 e. The largest absolute Gasteiger partial charge is 0.478 e. The fourth-order valence-electron chi connectivity index (χ4n) is 4.62. The molecule has 0 spiro atoms. The van der Waals surface area contributed by atoms with Crippen LogP contribution >= 0.6 is 23.2 Å². The topological polar surface area (TPSA) is 55.1 Å². The molecule has 208 valence electrons. The molecule has 0 radical (unpaired) electrons. The lowest BCUT2D eigenvalue weighted by Crippen LogP contribution is -2.35. The molecule has 0 amide bonds. The van der Waals surface area contributed by atoms with Crippen LogP contribution in [-0.4, -0.2) is 26.8 Å². The predicted molar refractivity (Wildman–Crippen MR) is 156 cm³/mol. The number of hydrogen-bond donors (Lipinski definition) is 1. The Kier molecular flexibility index (Phi) is 7.93. The monoisotopic (exact) mass is 594 g/mol. The van der Waals surface area contributed by atoms with Gasteiger partial charge in [0.2, 0.25) is 0 Å². The Morgan fingerprint density at radius 3 is 2.39 bits per heavy atom. The SMILES string of the molecule is O=C(O)c1ccc(Cn2cc(-c3ccc(Cl)cc3Cl)nc2C=CC2(C(F)(F)F)C=CC(c3ccccc3)=CC2)cc1. The molecule has 0 bridgehead atoms. The number of hydrogen-bond acceptors (Lipinski definition) is 2. The van der Waals surface area contributed by atoms with E-state index in [2.05, 4.69) is 4.98 Å². The van der Waals surface area contributed by atoms with E-state index in [0.717, 1.165) is 22.8 Å². The summed E-state index contributed by atoms with van der Waals surface area (Å²) in [5.41, 5.74) is 1.26. The number of aromatic nitrogens is 2. The molecule has 0 fully saturated rings. The van der Waals surface area contributed by atoms with Crippen LogP contribution in [0.15, 0.2) is 103 Å². The maximum Gasteiger partial charge on any atom is 0.401 e. The minimum atomic E-state index is -4.55. The van der Waals surface area contributed by atoms with E-state index in [0.29, 0.717) is 21.3 Å². The summed E-state index contributed by atoms with van der Waals surface area (Å²) in [7, 11) is 0. The van der Waals surface area contributed by atoms with Crippen LogP contribution in [0.4, 0.5) is 13.2 Å². The van der Waals surface area contributed by atoms with E-state index in [1.807, 2.05) is 30.3 Å². The molecule has 3 aromatic carbocycles. The highest BCUT2D eigenvalue weighted by atomic mass is 35.5. The van der Waals surface area contributed by atoms with Crippen molar-refractivity contribution in [3.05, 3.63) is 136 Å². The number of carbonyl (C=O) groups is 1. The second-order valence-corrected chi connectivity index (χ2v) is 10.5. The van der Waals surface area contributed by atoms with Crippen LogP contribution in [0.2, 0.25) is 10.0 Å². The van der Waals surface area contributed by atoms with Gasteiger partial charge in [0.25, 0.3) is 0 Å². The van der Waals surface area contributed by atoms with Crippen LogP contribution < -0.4 is 0 Å². The van der Waals surface area contributed by atoms with E-state index in [1.54, 1.807) is 47.2 Å². The Morgan fingerprint density at radius 2 is 1.78 bits per heavy atom. The van der Waals surface area contributed by atoms with Crippen molar-refractivity contribution in [1.82, 2.24) is 9.55 Å². The summed E-state index contributed by atoms with van der Waals surface area (Å²) in [6.07, 6.45) is 3.70. The van der Waals surface area contributed by atoms with Gasteiger partial charge in [0, 0.05) is 23.3 Å². The number of benzene rings is 3. The number of imidazole rings is 1. The molecule has 1 N–H and O–H groups in total. The molecule has 1 unspecified atom stereocenters. The summed E-state index contributed by atoms with van der Waals surface area (Å²) in [4.78, 5) is 15.9. The molecule has 1 aliphatic carbocycles. The first-order chi connectivity index (χ1) is 19.5. The van der Waals surface area contributed by atoms with Crippen molar-refractivity contribution in [1.29, 1.82) is 0 Å². The standard InChI is InChI=1S/C32H23Cl2F3N2O2/c33-25-10-11-26(27(34)18-25)28-20-39(19-21-6-8-24(9-7-21)30(40)41)29(38-28)14-17-31(32(35,36)37)15-12-23(13-16-31)22-4-2-1-3-5-22/h1-15,17-18,20H,16,19H2,(H,40,41). The summed E-state index contributed by atoms with van der Waals surface area (Å²) in [6, 6.07) is 20.4. The molecule has 4 aromatic rings. The summed E-state index contributed by atoms with van der Waals surface area (Å²) >= 11 is 12.5. The van der Waals surface area contributed by atoms with Gasteiger partial charge in [-0.1, -0.05) is 90.0 Å². The van der Waals surface area contributed by atoms with Crippen LogP contribution in [-0.2, 0) is 6.54 Å². The van der Waals surface area contributed by atoms with Crippen molar-refractivity contribution in [2.45, 2.75) is 19.1 Å². The first kappa shape index (κ1) is 28.5. The Labute approximate surface area is 244 Å². The van der Waals surface area contributed by atoms with E-state index in [9.17, 15) is 23.1 Å². The number of aromatic carboxylic acids is 1. The van der Waals surface area contributed by atoms with E-state index in [1.165, 1.54) is 30.4 Å². The molecule has 1 atom stereocenters. The van der Waals surface area contributed by atoms with Gasteiger partial charge in [-0.25, -0.2) is 9.78 Å². The van der Waals surface area contributed by atoms with E-state index < -0.39 is 17.6 Å². The molecular weight excluding hydrogens is 572 g/mol. The molecular formula is C32H23Cl2F3N2O2. The maximum absolute atomic E-state index is 14.5. The number of carboxylic acids is 1. The lowest BCUT2D eigenvalue weighted by Gasteiger charge is -2.31. The number of nitrogens with zero attached hydrogens (tertiary/aromatic N) is 2. The quantitative estimate of drug-likeness (QED) is 0.232. The third-order valence-corrected chi connectivity index (χ3v) is 7.50. The Balaban J connectivity index is 1.52. The highest BCUT2D eigenvalue weighted by Gasteiger charge is 2.51. The normalized spacial score (nSPS) is 17.1. The number of carboxylic acid groups (broad SMARTS) is 1. The molecule has 0 saturated carbocycles. The lowest BCUT2D eigenvalue weighted by atomic mass is 9.78. The Morgan fingerprint density at radius 1 is 1.05 bits per heavy atom. The highest BCUT2D eigenvalue weighted by molar-refractivity contribution is 6.36. The molecule has 1 aromatic heterocycles. The molecule has 9 heteroatoms. The average molecular weight is 595 g/mol. The Hall–Kier alpha value is -4.07. The zero-order valence-corrected chi connectivity index (χ0v) is 23.0. The molecule has 41 heavy (non-hydrogen) atoms. The smallest absolute Gasteiger partial charge is 0.401 e. The number of rotatable bonds is 7. The lowest BCUT2D eigenvalue weighted by molar-refractivity contribution is -0.188. The van der Waals surface area contributed by atoms with Crippen molar-refractivity contribution in [2.24, 2.45) is 5.41 Å². The molecule has 0 saturated heterocycles. The van der Waals surface area contributed by atoms with Crippen LogP contribution in [0.5, 0.6) is 0 Å². The van der Waals surface area contributed by atoms with Crippen LogP contribution in [0.3, 0.4) is 0 Å². The van der Waals surface area contributed by atoms with Gasteiger partial charge in [-0.2, -0.15) is 13.2 Å². The van der Waals surface area contributed by atoms with E-state index in [-0.39, 0.29) is 24.4 Å². The summed E-state index contributed by atoms with van der Waals surface area (Å²) < 4.78 is 45.2. The Bertz CT molecular complexity index is 1670. The number of alkyl halides is 3. The summed E-state index contributed by atoms with van der Waals surface area (Å²) in [5, 5.41) is 9.99. The van der Waals surface area contributed by atoms with Crippen molar-refractivity contribution < 1.29 is 23.1 Å².